The van der Waals surface area contributed by atoms with E-state index in [4.69, 9.17) is 0 Å². The lowest BCUT2D eigenvalue weighted by molar-refractivity contribution is 0.956. The Labute approximate surface area is 45.6 Å². The van der Waals surface area contributed by atoms with E-state index in [1.54, 1.807) is 0 Å². The average Bonchev–Trinajstić information content (AvgIpc) is 1.35. The van der Waals surface area contributed by atoms with E-state index >= 15 is 0 Å². The number of hydrogen-bond acceptors (Lipinski definition) is 0. The highest BCUT2D eigenvalue weighted by atomic mass is 28.2. The van der Waals surface area contributed by atoms with E-state index in [1.807, 2.05) is 0 Å². The molecule has 0 rings (SSSR count). The quantitative estimate of drug-likeness (QED) is 0.416. The lowest BCUT2D eigenvalue weighted by Crippen LogP contribution is -2.07. The van der Waals surface area contributed by atoms with E-state index in [9.17, 15) is 0 Å². The van der Waals surface area contributed by atoms with Gasteiger partial charge in [-0.25, -0.2) is 0 Å². The fraction of sp³-hybridized carbons (Fsp3) is 1.00. The van der Waals surface area contributed by atoms with Gasteiger partial charge in [-0.05, 0) is 0 Å². The van der Waals surface area contributed by atoms with Gasteiger partial charge in [-0.15, -0.1) is 0 Å². The zero-order valence-corrected chi connectivity index (χ0v) is 8.62. The van der Waals surface area contributed by atoms with Crippen LogP contribution in [0.25, 0.3) is 0 Å². The summed E-state index contributed by atoms with van der Waals surface area (Å²) in [5, 5.41) is 0. The monoisotopic (exact) mass is 118 g/mol. The van der Waals surface area contributed by atoms with Gasteiger partial charge in [0.25, 0.3) is 0 Å². The second-order valence-electron chi connectivity index (χ2n) is 2.91. The van der Waals surface area contributed by atoms with Crippen LogP contribution in [0.3, 0.4) is 0 Å². The van der Waals surface area contributed by atoms with Crippen LogP contribution in [0.2, 0.25) is 11.2 Å². The molecule has 38 valence electrons. The minimum atomic E-state index is 0.314. The van der Waals surface area contributed by atoms with Gasteiger partial charge in [0, 0.05) is 19.8 Å². The molecule has 0 heterocycles. The van der Waals surface area contributed by atoms with E-state index < -0.39 is 0 Å². The molecule has 0 aromatic rings. The fourth-order valence-electron chi connectivity index (χ4n) is 0. The second-order valence-corrected chi connectivity index (χ2v) is 9.86. The van der Waals surface area contributed by atoms with Crippen LogP contribution >= 0.6 is 0 Å². The summed E-state index contributed by atoms with van der Waals surface area (Å²) in [5.74, 6) is 0. The highest BCUT2D eigenvalue weighted by Gasteiger charge is 2.04. The molecule has 0 aliphatic rings. The molecule has 0 bridgehead atoms. The number of hydrogen-bond donors (Lipinski definition) is 0. The van der Waals surface area contributed by atoms with Gasteiger partial charge in [0.05, 0.1) is 0 Å². The van der Waals surface area contributed by atoms with Gasteiger partial charge >= 0.3 is 0 Å². The largest absolute Gasteiger partial charge is 0.0747 e. The lowest BCUT2D eigenvalue weighted by Gasteiger charge is -2.11. The smallest absolute Gasteiger partial charge is 0.0189 e. The Morgan fingerprint density at radius 3 is 1.67 bits per heavy atom. The fourth-order valence-corrected chi connectivity index (χ4v) is 0. The highest BCUT2D eigenvalue weighted by Crippen LogP contribution is 2.13. The molecule has 0 amide bonds. The van der Waals surface area contributed by atoms with Gasteiger partial charge in [0.15, 0.2) is 0 Å². The van der Waals surface area contributed by atoms with E-state index in [0.717, 1.165) is 4.66 Å². The third kappa shape index (κ3) is 4.43. The van der Waals surface area contributed by atoms with Crippen LogP contribution in [0.4, 0.5) is 0 Å². The van der Waals surface area contributed by atoms with Crippen LogP contribution < -0.4 is 0 Å². The summed E-state index contributed by atoms with van der Waals surface area (Å²) in [6.45, 7) is 7.11. The molecule has 0 atom stereocenters. The van der Waals surface area contributed by atoms with Gasteiger partial charge in [0.1, 0.15) is 0 Å². The Hall–Kier alpha value is 0.434. The van der Waals surface area contributed by atoms with Gasteiger partial charge in [-0.1, -0.05) is 25.1 Å². The molecule has 0 N–H and O–H groups in total. The third-order valence-corrected chi connectivity index (χ3v) is 5.30. The van der Waals surface area contributed by atoms with Crippen LogP contribution in [0.15, 0.2) is 0 Å². The molecule has 6 heavy (non-hydrogen) atoms. The molecule has 0 nitrogen and oxygen atoms in total. The first kappa shape index (κ1) is 6.43. The summed E-state index contributed by atoms with van der Waals surface area (Å²) in [4.78, 5) is 0. The summed E-state index contributed by atoms with van der Waals surface area (Å²) in [5.41, 5.74) is 0. The van der Waals surface area contributed by atoms with Crippen LogP contribution in [-0.2, 0) is 0 Å². The minimum Gasteiger partial charge on any atom is -0.0747 e. The molecule has 0 saturated carbocycles. The predicted octanol–water partition coefficient (Wildman–Crippen LogP) is -0.275. The Morgan fingerprint density at radius 1 is 1.50 bits per heavy atom. The zero-order chi connectivity index (χ0) is 5.21. The first-order valence-corrected chi connectivity index (χ1v) is 5.68. The average molecular weight is 118 g/mol. The van der Waals surface area contributed by atoms with Gasteiger partial charge < -0.3 is 0 Å². The molecular formula is C4H14Si2. The van der Waals surface area contributed by atoms with Crippen LogP contribution in [0.5, 0.6) is 0 Å². The van der Waals surface area contributed by atoms with Crippen molar-refractivity contribution in [2.24, 2.45) is 0 Å². The van der Waals surface area contributed by atoms with Gasteiger partial charge in [-0.3, -0.25) is 0 Å². The van der Waals surface area contributed by atoms with Crippen LogP contribution in [0, 0.1) is 0 Å². The zero-order valence-electron chi connectivity index (χ0n) is 5.21. The molecule has 0 aliphatic heterocycles. The van der Waals surface area contributed by atoms with Crippen molar-refractivity contribution >= 4 is 19.8 Å². The molecule has 0 fully saturated rings. The normalized spacial score (nSPS) is 14.5. The molecule has 2 heteroatoms. The Balaban J connectivity index is 3.17. The summed E-state index contributed by atoms with van der Waals surface area (Å²) < 4.78 is 0.819. The van der Waals surface area contributed by atoms with E-state index in [-0.39, 0.29) is 0 Å². The maximum Gasteiger partial charge on any atom is 0.0189 e. The third-order valence-electron chi connectivity index (χ3n) is 1.06. The lowest BCUT2D eigenvalue weighted by atomic mass is 10.5. The van der Waals surface area contributed by atoms with Crippen molar-refractivity contribution in [3.63, 3.8) is 0 Å². The first-order chi connectivity index (χ1) is 2.56. The predicted molar refractivity (Wildman–Crippen MR) is 38.4 cm³/mol. The van der Waals surface area contributed by atoms with Crippen molar-refractivity contribution in [3.05, 3.63) is 0 Å². The first-order valence-electron chi connectivity index (χ1n) is 2.56. The molecule has 0 aliphatic carbocycles. The molecule has 0 aromatic carbocycles. The van der Waals surface area contributed by atoms with Crippen LogP contribution in [-0.4, -0.2) is 19.8 Å². The summed E-state index contributed by atoms with van der Waals surface area (Å²) >= 11 is 0. The summed E-state index contributed by atoms with van der Waals surface area (Å²) in [6, 6.07) is 0. The Morgan fingerprint density at radius 2 is 1.67 bits per heavy atom. The maximum absolute atomic E-state index is 2.38. The van der Waals surface area contributed by atoms with E-state index in [0.29, 0.717) is 9.52 Å². The van der Waals surface area contributed by atoms with Gasteiger partial charge in [-0.2, -0.15) is 0 Å². The SMILES string of the molecule is C[SiH2]C(C)(C)[SiH3]. The van der Waals surface area contributed by atoms with E-state index in [1.165, 1.54) is 10.2 Å². The molecule has 0 unspecified atom stereocenters. The summed E-state index contributed by atoms with van der Waals surface area (Å²) in [7, 11) is 1.70. The molecule has 0 spiro atoms. The molecule has 0 radical (unpaired) electrons. The standard InChI is InChI=1S/C4H14Si2/c1-4(2,5)6-3/h6H2,1-3,5H3. The van der Waals surface area contributed by atoms with Crippen molar-refractivity contribution in [2.45, 2.75) is 25.1 Å². The molecular weight excluding hydrogens is 104 g/mol. The number of rotatable bonds is 1. The molecule has 0 aromatic heterocycles. The Bertz CT molecular complexity index is 35.3. The van der Waals surface area contributed by atoms with Crippen molar-refractivity contribution < 1.29 is 0 Å². The summed E-state index contributed by atoms with van der Waals surface area (Å²) in [6.07, 6.45) is 0. The van der Waals surface area contributed by atoms with Gasteiger partial charge in [0.2, 0.25) is 0 Å². The topological polar surface area (TPSA) is 0 Å². The highest BCUT2D eigenvalue weighted by molar-refractivity contribution is 6.52. The van der Waals surface area contributed by atoms with Crippen molar-refractivity contribution in [1.82, 2.24) is 0 Å². The minimum absolute atomic E-state index is 0.314. The Kier molecular flexibility index (Phi) is 2.07. The van der Waals surface area contributed by atoms with Crippen LogP contribution in [0.1, 0.15) is 13.8 Å². The maximum atomic E-state index is 2.38. The van der Waals surface area contributed by atoms with Crippen molar-refractivity contribution in [1.29, 1.82) is 0 Å². The van der Waals surface area contributed by atoms with Crippen molar-refractivity contribution in [2.75, 3.05) is 0 Å². The second kappa shape index (κ2) is 1.93. The molecule has 0 saturated heterocycles. The van der Waals surface area contributed by atoms with Crippen molar-refractivity contribution in [3.8, 4) is 0 Å². The van der Waals surface area contributed by atoms with E-state index in [2.05, 4.69) is 20.4 Å².